The largest absolute Gasteiger partial charge is 0.369 e. The van der Waals surface area contributed by atoms with Gasteiger partial charge in [-0.2, -0.15) is 5.10 Å². The van der Waals surface area contributed by atoms with Crippen molar-refractivity contribution in [2.24, 2.45) is 0 Å². The SMILES string of the molecule is CCc1nn(CC(=O)NCCN2CCN(c3cccc(Cl)c3)CC2)c(=O)c2cc3sccc3n12. The van der Waals surface area contributed by atoms with Crippen LogP contribution in [0.15, 0.2) is 46.6 Å². The van der Waals surface area contributed by atoms with E-state index in [1.807, 2.05) is 47.0 Å². The highest BCUT2D eigenvalue weighted by Gasteiger charge is 2.18. The van der Waals surface area contributed by atoms with Crippen LogP contribution in [0.1, 0.15) is 12.7 Å². The minimum Gasteiger partial charge on any atom is -0.369 e. The molecule has 0 unspecified atom stereocenters. The number of aryl methyl sites for hydroxylation is 1. The molecule has 8 nitrogen and oxygen atoms in total. The first-order chi connectivity index (χ1) is 16.5. The van der Waals surface area contributed by atoms with Crippen LogP contribution in [-0.4, -0.2) is 64.3 Å². The molecule has 1 aromatic carbocycles. The van der Waals surface area contributed by atoms with Crippen molar-refractivity contribution in [1.29, 1.82) is 0 Å². The van der Waals surface area contributed by atoms with Crippen LogP contribution < -0.4 is 15.8 Å². The van der Waals surface area contributed by atoms with E-state index in [2.05, 4.69) is 26.3 Å². The number of piperazine rings is 1. The zero-order chi connectivity index (χ0) is 23.7. The summed E-state index contributed by atoms with van der Waals surface area (Å²) in [5, 5.41) is 10.2. The highest BCUT2D eigenvalue weighted by molar-refractivity contribution is 7.17. The molecular formula is C24H27ClN6O2S. The summed E-state index contributed by atoms with van der Waals surface area (Å²) in [6.07, 6.45) is 0.666. The fourth-order valence-electron chi connectivity index (χ4n) is 4.51. The molecule has 0 spiro atoms. The van der Waals surface area contributed by atoms with E-state index in [1.54, 1.807) is 11.3 Å². The van der Waals surface area contributed by atoms with Gasteiger partial charge in [-0.3, -0.25) is 18.9 Å². The first kappa shape index (κ1) is 22.9. The van der Waals surface area contributed by atoms with E-state index in [-0.39, 0.29) is 18.0 Å². The molecule has 0 radical (unpaired) electrons. The lowest BCUT2D eigenvalue weighted by molar-refractivity contribution is -0.122. The highest BCUT2D eigenvalue weighted by Crippen LogP contribution is 2.24. The van der Waals surface area contributed by atoms with Crippen molar-refractivity contribution in [2.75, 3.05) is 44.2 Å². The molecule has 4 aromatic rings. The summed E-state index contributed by atoms with van der Waals surface area (Å²) in [6, 6.07) is 11.8. The quantitative estimate of drug-likeness (QED) is 0.424. The van der Waals surface area contributed by atoms with Crippen molar-refractivity contribution >= 4 is 50.3 Å². The maximum Gasteiger partial charge on any atom is 0.291 e. The van der Waals surface area contributed by atoms with Crippen LogP contribution in [0.2, 0.25) is 5.02 Å². The van der Waals surface area contributed by atoms with Crippen LogP contribution in [0.4, 0.5) is 5.69 Å². The van der Waals surface area contributed by atoms with Gasteiger partial charge >= 0.3 is 0 Å². The molecule has 1 amide bonds. The van der Waals surface area contributed by atoms with Gasteiger partial charge in [0.2, 0.25) is 5.91 Å². The van der Waals surface area contributed by atoms with Gasteiger partial charge in [0.15, 0.2) is 0 Å². The number of amides is 1. The Bertz CT molecular complexity index is 1390. The van der Waals surface area contributed by atoms with Gasteiger partial charge in [0.25, 0.3) is 5.56 Å². The molecule has 1 aliphatic heterocycles. The Hall–Kier alpha value is -2.88. The third kappa shape index (κ3) is 4.55. The summed E-state index contributed by atoms with van der Waals surface area (Å²) in [4.78, 5) is 30.2. The lowest BCUT2D eigenvalue weighted by Gasteiger charge is -2.36. The van der Waals surface area contributed by atoms with Gasteiger partial charge in [0, 0.05) is 56.4 Å². The van der Waals surface area contributed by atoms with Crippen LogP contribution in [0, 0.1) is 0 Å². The molecule has 1 fully saturated rings. The van der Waals surface area contributed by atoms with Gasteiger partial charge in [-0.25, -0.2) is 4.68 Å². The van der Waals surface area contributed by atoms with Crippen LogP contribution in [0.25, 0.3) is 15.7 Å². The molecule has 178 valence electrons. The minimum absolute atomic E-state index is 0.0797. The molecule has 5 rings (SSSR count). The second-order valence-electron chi connectivity index (χ2n) is 8.43. The number of nitrogens with zero attached hydrogens (tertiary/aromatic N) is 5. The summed E-state index contributed by atoms with van der Waals surface area (Å²) in [5.74, 6) is 0.570. The molecule has 10 heteroatoms. The summed E-state index contributed by atoms with van der Waals surface area (Å²) in [5.41, 5.74) is 2.46. The third-order valence-electron chi connectivity index (χ3n) is 6.28. The van der Waals surface area contributed by atoms with Crippen molar-refractivity contribution < 1.29 is 4.79 Å². The number of rotatable bonds is 7. The van der Waals surface area contributed by atoms with Crippen molar-refractivity contribution in [2.45, 2.75) is 19.9 Å². The lowest BCUT2D eigenvalue weighted by atomic mass is 10.2. The summed E-state index contributed by atoms with van der Waals surface area (Å²) >= 11 is 7.71. The van der Waals surface area contributed by atoms with Gasteiger partial charge in [-0.05, 0) is 35.7 Å². The normalized spacial score (nSPS) is 14.8. The molecule has 4 heterocycles. The predicted molar refractivity (Wildman–Crippen MR) is 137 cm³/mol. The van der Waals surface area contributed by atoms with Crippen molar-refractivity contribution in [1.82, 2.24) is 24.4 Å². The van der Waals surface area contributed by atoms with Crippen LogP contribution >= 0.6 is 22.9 Å². The Balaban J connectivity index is 1.16. The van der Waals surface area contributed by atoms with Crippen molar-refractivity contribution in [3.8, 4) is 0 Å². The average Bonchev–Trinajstić information content (AvgIpc) is 3.43. The average molecular weight is 499 g/mol. The Labute approximate surface area is 206 Å². The number of hydrogen-bond acceptors (Lipinski definition) is 6. The first-order valence-corrected chi connectivity index (χ1v) is 12.8. The van der Waals surface area contributed by atoms with E-state index in [4.69, 9.17) is 11.6 Å². The van der Waals surface area contributed by atoms with Gasteiger partial charge in [0.1, 0.15) is 17.9 Å². The molecule has 3 aromatic heterocycles. The summed E-state index contributed by atoms with van der Waals surface area (Å²) < 4.78 is 4.24. The van der Waals surface area contributed by atoms with E-state index in [1.165, 1.54) is 4.68 Å². The Morgan fingerprint density at radius 3 is 2.74 bits per heavy atom. The molecule has 0 saturated carbocycles. The monoisotopic (exact) mass is 498 g/mol. The Morgan fingerprint density at radius 1 is 1.15 bits per heavy atom. The number of anilines is 1. The molecule has 0 aliphatic carbocycles. The number of carbonyl (C=O) groups is 1. The van der Waals surface area contributed by atoms with E-state index in [9.17, 15) is 9.59 Å². The second kappa shape index (κ2) is 9.77. The topological polar surface area (TPSA) is 74.9 Å². The number of hydrogen-bond donors (Lipinski definition) is 1. The molecule has 1 saturated heterocycles. The maximum absolute atomic E-state index is 13.0. The minimum atomic E-state index is -0.243. The molecule has 1 N–H and O–H groups in total. The molecule has 34 heavy (non-hydrogen) atoms. The van der Waals surface area contributed by atoms with Crippen LogP contribution in [-0.2, 0) is 17.8 Å². The first-order valence-electron chi connectivity index (χ1n) is 11.5. The van der Waals surface area contributed by atoms with Crippen molar-refractivity contribution in [3.05, 3.63) is 63.0 Å². The Kier molecular flexibility index (Phi) is 6.58. The fraction of sp³-hybridized carbons (Fsp3) is 0.375. The van der Waals surface area contributed by atoms with Crippen molar-refractivity contribution in [3.63, 3.8) is 0 Å². The standard InChI is InChI=1S/C24H27ClN6O2S/c1-2-22-27-30(24(33)20-15-21-19(31(20)22)6-13-34-21)16-23(32)26-7-8-28-9-11-29(12-10-28)18-5-3-4-17(25)14-18/h3-6,13-15H,2,7-12,16H2,1H3,(H,26,32). The summed E-state index contributed by atoms with van der Waals surface area (Å²) in [6.45, 7) is 6.91. The van der Waals surface area contributed by atoms with Gasteiger partial charge in [-0.1, -0.05) is 24.6 Å². The van der Waals surface area contributed by atoms with E-state index >= 15 is 0 Å². The predicted octanol–water partition coefficient (Wildman–Crippen LogP) is 2.86. The number of benzene rings is 1. The van der Waals surface area contributed by atoms with Gasteiger partial charge < -0.3 is 10.2 Å². The van der Waals surface area contributed by atoms with Crippen LogP contribution in [0.5, 0.6) is 0 Å². The maximum atomic E-state index is 13.0. The molecular weight excluding hydrogens is 472 g/mol. The summed E-state index contributed by atoms with van der Waals surface area (Å²) in [7, 11) is 0. The zero-order valence-corrected chi connectivity index (χ0v) is 20.6. The fourth-order valence-corrected chi connectivity index (χ4v) is 5.49. The van der Waals surface area contributed by atoms with Gasteiger partial charge in [-0.15, -0.1) is 11.3 Å². The van der Waals surface area contributed by atoms with E-state index in [0.717, 1.165) is 59.5 Å². The third-order valence-corrected chi connectivity index (χ3v) is 7.36. The molecule has 0 bridgehead atoms. The van der Waals surface area contributed by atoms with Crippen LogP contribution in [0.3, 0.4) is 0 Å². The zero-order valence-electron chi connectivity index (χ0n) is 19.0. The molecule has 0 atom stereocenters. The van der Waals surface area contributed by atoms with E-state index < -0.39 is 0 Å². The Morgan fingerprint density at radius 2 is 1.97 bits per heavy atom. The number of aromatic nitrogens is 3. The number of carbonyl (C=O) groups excluding carboxylic acids is 1. The van der Waals surface area contributed by atoms with E-state index in [0.29, 0.717) is 18.5 Å². The second-order valence-corrected chi connectivity index (χ2v) is 9.81. The number of fused-ring (bicyclic) bond motifs is 3. The lowest BCUT2D eigenvalue weighted by Crippen LogP contribution is -2.48. The number of halogens is 1. The van der Waals surface area contributed by atoms with Gasteiger partial charge in [0.05, 0.1) is 10.2 Å². The molecule has 1 aliphatic rings. The number of nitrogens with one attached hydrogen (secondary N) is 1. The smallest absolute Gasteiger partial charge is 0.291 e. The number of thiophene rings is 1. The highest BCUT2D eigenvalue weighted by atomic mass is 35.5.